The van der Waals surface area contributed by atoms with E-state index >= 15 is 0 Å². The molecule has 4 heteroatoms. The number of hydrogen-bond donors (Lipinski definition) is 0. The zero-order chi connectivity index (χ0) is 8.27. The Morgan fingerprint density at radius 1 is 1.91 bits per heavy atom. The van der Waals surface area contributed by atoms with E-state index in [1.165, 1.54) is 24.0 Å². The van der Waals surface area contributed by atoms with Gasteiger partial charge in [-0.1, -0.05) is 0 Å². The molecule has 0 aromatic carbocycles. The number of nitrogens with zero attached hydrogens (tertiary/aromatic N) is 3. The van der Waals surface area contributed by atoms with E-state index in [4.69, 9.17) is 5.26 Å². The molecule has 0 aliphatic rings. The first-order chi connectivity index (χ1) is 5.24. The van der Waals surface area contributed by atoms with Gasteiger partial charge >= 0.3 is 0 Å². The molecule has 0 radical (unpaired) electrons. The molecule has 0 aliphatic carbocycles. The number of alkyl halides is 1. The smallest absolute Gasteiger partial charge is 0.139 e. The van der Waals surface area contributed by atoms with Gasteiger partial charge in [0.1, 0.15) is 17.9 Å². The first-order valence-corrected chi connectivity index (χ1v) is 3.28. The van der Waals surface area contributed by atoms with Gasteiger partial charge in [0.05, 0.1) is 19.1 Å². The molecule has 1 aromatic rings. The predicted octanol–water partition coefficient (Wildman–Crippen LogP) is 1.11. The summed E-state index contributed by atoms with van der Waals surface area (Å²) < 4.78 is 13.9. The maximum absolute atomic E-state index is 12.4. The molecule has 1 heterocycles. The monoisotopic (exact) mass is 153 g/mol. The molecule has 1 unspecified atom stereocenters. The Labute approximate surface area is 64.1 Å². The minimum absolute atomic E-state index is 0.197. The minimum Gasteiger partial charge on any atom is -0.320 e. The average Bonchev–Trinajstić information content (AvgIpc) is 2.34. The first kappa shape index (κ1) is 7.73. The highest BCUT2D eigenvalue weighted by molar-refractivity contribution is 5.16. The lowest BCUT2D eigenvalue weighted by Gasteiger charge is -2.02. The van der Waals surface area contributed by atoms with Crippen LogP contribution in [-0.2, 0) is 6.54 Å². The topological polar surface area (TPSA) is 41.6 Å². The van der Waals surface area contributed by atoms with Crippen molar-refractivity contribution in [3.63, 3.8) is 0 Å². The number of halogens is 1. The van der Waals surface area contributed by atoms with E-state index in [1.807, 2.05) is 6.07 Å². The Kier molecular flexibility index (Phi) is 2.21. The Bertz CT molecular complexity index is 271. The highest BCUT2D eigenvalue weighted by Crippen LogP contribution is 2.00. The van der Waals surface area contributed by atoms with Crippen molar-refractivity contribution in [2.24, 2.45) is 0 Å². The Morgan fingerprint density at radius 3 is 3.18 bits per heavy atom. The summed E-state index contributed by atoms with van der Waals surface area (Å²) in [7, 11) is 0. The second-order valence-electron chi connectivity index (χ2n) is 2.32. The fourth-order valence-electron chi connectivity index (χ4n) is 0.830. The number of nitriles is 1. The molecule has 58 valence electrons. The molecule has 1 atom stereocenters. The van der Waals surface area contributed by atoms with Crippen LogP contribution in [0.1, 0.15) is 12.6 Å². The molecule has 0 bridgehead atoms. The molecular formula is C7H8FN3. The molecule has 11 heavy (non-hydrogen) atoms. The van der Waals surface area contributed by atoms with Gasteiger partial charge in [-0.15, -0.1) is 0 Å². The van der Waals surface area contributed by atoms with Crippen LogP contribution in [0.4, 0.5) is 4.39 Å². The number of imidazole rings is 1. The zero-order valence-corrected chi connectivity index (χ0v) is 6.16. The van der Waals surface area contributed by atoms with Gasteiger partial charge in [0.2, 0.25) is 0 Å². The molecule has 3 nitrogen and oxygen atoms in total. The van der Waals surface area contributed by atoms with E-state index in [0.29, 0.717) is 5.69 Å². The van der Waals surface area contributed by atoms with Crippen molar-refractivity contribution < 1.29 is 4.39 Å². The van der Waals surface area contributed by atoms with Gasteiger partial charge in [-0.05, 0) is 6.92 Å². The molecule has 0 spiro atoms. The summed E-state index contributed by atoms with van der Waals surface area (Å²) in [6.45, 7) is 1.64. The Balaban J connectivity index is 2.79. The van der Waals surface area contributed by atoms with Crippen LogP contribution in [0.5, 0.6) is 0 Å². The molecule has 0 saturated heterocycles. The summed E-state index contributed by atoms with van der Waals surface area (Å²) in [5, 5.41) is 8.49. The van der Waals surface area contributed by atoms with Crippen LogP contribution in [0, 0.1) is 11.3 Å². The van der Waals surface area contributed by atoms with Crippen LogP contribution in [0.15, 0.2) is 12.5 Å². The van der Waals surface area contributed by atoms with Crippen LogP contribution in [0.3, 0.4) is 0 Å². The van der Waals surface area contributed by atoms with Gasteiger partial charge in [-0.3, -0.25) is 0 Å². The lowest BCUT2D eigenvalue weighted by molar-refractivity contribution is 0.320. The molecule has 0 amide bonds. The van der Waals surface area contributed by atoms with E-state index in [0.717, 1.165) is 0 Å². The van der Waals surface area contributed by atoms with Crippen molar-refractivity contribution >= 4 is 0 Å². The van der Waals surface area contributed by atoms with Crippen molar-refractivity contribution in [1.29, 1.82) is 5.26 Å². The van der Waals surface area contributed by atoms with Crippen molar-refractivity contribution in [3.05, 3.63) is 18.2 Å². The lowest BCUT2D eigenvalue weighted by Crippen LogP contribution is -2.07. The third-order valence-corrected chi connectivity index (χ3v) is 1.28. The quantitative estimate of drug-likeness (QED) is 0.638. The third kappa shape index (κ3) is 1.77. The van der Waals surface area contributed by atoms with Crippen molar-refractivity contribution in [2.75, 3.05) is 0 Å². The van der Waals surface area contributed by atoms with Crippen molar-refractivity contribution in [1.82, 2.24) is 9.55 Å². The van der Waals surface area contributed by atoms with Gasteiger partial charge in [-0.25, -0.2) is 9.37 Å². The van der Waals surface area contributed by atoms with E-state index < -0.39 is 6.17 Å². The van der Waals surface area contributed by atoms with Crippen molar-refractivity contribution in [3.8, 4) is 6.07 Å². The summed E-state index contributed by atoms with van der Waals surface area (Å²) in [6.07, 6.45) is 1.92. The molecule has 0 N–H and O–H groups in total. The number of aromatic nitrogens is 2. The molecule has 1 rings (SSSR count). The van der Waals surface area contributed by atoms with Gasteiger partial charge in [-0.2, -0.15) is 5.26 Å². The lowest BCUT2D eigenvalue weighted by atomic mass is 10.4. The third-order valence-electron chi connectivity index (χ3n) is 1.28. The van der Waals surface area contributed by atoms with E-state index in [-0.39, 0.29) is 6.54 Å². The van der Waals surface area contributed by atoms with Gasteiger partial charge in [0.25, 0.3) is 0 Å². The summed E-state index contributed by atoms with van der Waals surface area (Å²) in [4.78, 5) is 3.72. The standard InChI is InChI=1S/C7H8FN3/c1-6(8)4-11-5-10-3-7(11)2-9/h3,5-6H,4H2,1H3. The normalized spacial score (nSPS) is 12.5. The molecule has 0 fully saturated rings. The molecular weight excluding hydrogens is 145 g/mol. The van der Waals surface area contributed by atoms with Crippen LogP contribution in [-0.4, -0.2) is 15.7 Å². The summed E-state index contributed by atoms with van der Waals surface area (Å²) >= 11 is 0. The van der Waals surface area contributed by atoms with E-state index in [9.17, 15) is 4.39 Å². The molecule has 0 aliphatic heterocycles. The highest BCUT2D eigenvalue weighted by atomic mass is 19.1. The van der Waals surface area contributed by atoms with Crippen LogP contribution >= 0.6 is 0 Å². The fraction of sp³-hybridized carbons (Fsp3) is 0.429. The summed E-state index contributed by atoms with van der Waals surface area (Å²) in [5.74, 6) is 0. The predicted molar refractivity (Wildman–Crippen MR) is 37.5 cm³/mol. The van der Waals surface area contributed by atoms with Crippen LogP contribution < -0.4 is 0 Å². The second kappa shape index (κ2) is 3.15. The number of hydrogen-bond acceptors (Lipinski definition) is 2. The summed E-state index contributed by atoms with van der Waals surface area (Å²) in [5.41, 5.74) is 0.398. The van der Waals surface area contributed by atoms with Crippen molar-refractivity contribution in [2.45, 2.75) is 19.6 Å². The van der Waals surface area contributed by atoms with E-state index in [2.05, 4.69) is 4.98 Å². The first-order valence-electron chi connectivity index (χ1n) is 3.28. The van der Waals surface area contributed by atoms with Gasteiger partial charge in [0.15, 0.2) is 0 Å². The maximum Gasteiger partial charge on any atom is 0.139 e. The molecule has 1 aromatic heterocycles. The molecule has 0 saturated carbocycles. The van der Waals surface area contributed by atoms with Crippen LogP contribution in [0.2, 0.25) is 0 Å². The SMILES string of the molecule is CC(F)Cn1cncc1C#N. The van der Waals surface area contributed by atoms with Gasteiger partial charge in [0, 0.05) is 0 Å². The Morgan fingerprint density at radius 2 is 2.64 bits per heavy atom. The zero-order valence-electron chi connectivity index (χ0n) is 6.16. The Hall–Kier alpha value is -1.37. The average molecular weight is 153 g/mol. The highest BCUT2D eigenvalue weighted by Gasteiger charge is 2.03. The minimum atomic E-state index is -0.948. The maximum atomic E-state index is 12.4. The number of rotatable bonds is 2. The van der Waals surface area contributed by atoms with E-state index in [1.54, 1.807) is 0 Å². The largest absolute Gasteiger partial charge is 0.320 e. The summed E-state index contributed by atoms with van der Waals surface area (Å²) in [6, 6.07) is 1.91. The second-order valence-corrected chi connectivity index (χ2v) is 2.32. The van der Waals surface area contributed by atoms with Crippen LogP contribution in [0.25, 0.3) is 0 Å². The fourth-order valence-corrected chi connectivity index (χ4v) is 0.830. The van der Waals surface area contributed by atoms with Gasteiger partial charge < -0.3 is 4.57 Å².